The van der Waals surface area contributed by atoms with Crippen molar-refractivity contribution in [3.8, 4) is 0 Å². The normalized spacial score (nSPS) is 18.5. The summed E-state index contributed by atoms with van der Waals surface area (Å²) in [6.45, 7) is 1.11. The molecule has 162 valence electrons. The number of carbonyl (C=O) groups excluding carboxylic acids is 2. The van der Waals surface area contributed by atoms with Crippen LogP contribution in [0.3, 0.4) is 0 Å². The molecule has 2 amide bonds. The van der Waals surface area contributed by atoms with Gasteiger partial charge in [0.25, 0.3) is 5.91 Å². The quantitative estimate of drug-likeness (QED) is 0.783. The van der Waals surface area contributed by atoms with E-state index in [9.17, 15) is 22.8 Å². The minimum atomic E-state index is -4.47. The second kappa shape index (κ2) is 8.14. The smallest absolute Gasteiger partial charge is 0.326 e. The maximum atomic E-state index is 12.8. The highest BCUT2D eigenvalue weighted by Crippen LogP contribution is 2.31. The molecule has 6 nitrogen and oxygen atoms in total. The molecule has 1 saturated heterocycles. The zero-order valence-electron chi connectivity index (χ0n) is 16.6. The highest BCUT2D eigenvalue weighted by molar-refractivity contribution is 6.46. The van der Waals surface area contributed by atoms with E-state index in [2.05, 4.69) is 15.6 Å². The molecule has 2 aliphatic rings. The maximum Gasteiger partial charge on any atom is 0.416 e. The maximum absolute atomic E-state index is 12.8. The minimum absolute atomic E-state index is 0.0511. The molecule has 1 fully saturated rings. The first kappa shape index (κ1) is 21.0. The van der Waals surface area contributed by atoms with E-state index in [-0.39, 0.29) is 24.0 Å². The highest BCUT2D eigenvalue weighted by atomic mass is 19.4. The average Bonchev–Trinajstić information content (AvgIpc) is 3.06. The van der Waals surface area contributed by atoms with Crippen molar-refractivity contribution in [2.24, 2.45) is 4.99 Å². The largest absolute Gasteiger partial charge is 0.416 e. The summed E-state index contributed by atoms with van der Waals surface area (Å²) in [7, 11) is 0. The zero-order chi connectivity index (χ0) is 22.1. The third-order valence-electron chi connectivity index (χ3n) is 5.46. The standard InChI is InChI=1S/C22H21F3N4O2/c23-22(24,25)16-7-4-8-17(13-16)26-18(30)14-29-11-9-21(10-12-29)27-19(20(31)28-21)15-5-2-1-3-6-15/h1-8,13H,9-12,14H2,(H,26,30)(H,28,31). The Hall–Kier alpha value is -3.20. The van der Waals surface area contributed by atoms with Gasteiger partial charge in [-0.15, -0.1) is 0 Å². The second-order valence-electron chi connectivity index (χ2n) is 7.72. The number of likely N-dealkylation sites (tertiary alicyclic amines) is 1. The lowest BCUT2D eigenvalue weighted by Crippen LogP contribution is -2.52. The van der Waals surface area contributed by atoms with Crippen LogP contribution >= 0.6 is 0 Å². The van der Waals surface area contributed by atoms with Crippen LogP contribution in [0.2, 0.25) is 0 Å². The van der Waals surface area contributed by atoms with Crippen LogP contribution in [0.5, 0.6) is 0 Å². The van der Waals surface area contributed by atoms with E-state index in [1.165, 1.54) is 12.1 Å². The first-order valence-corrected chi connectivity index (χ1v) is 9.91. The lowest BCUT2D eigenvalue weighted by molar-refractivity contribution is -0.137. The summed E-state index contributed by atoms with van der Waals surface area (Å²) in [5.41, 5.74) is -0.199. The number of aliphatic imine (C=N–C) groups is 1. The van der Waals surface area contributed by atoms with Crippen molar-refractivity contribution in [2.45, 2.75) is 24.7 Å². The summed E-state index contributed by atoms with van der Waals surface area (Å²) < 4.78 is 38.5. The fourth-order valence-corrected chi connectivity index (χ4v) is 3.85. The summed E-state index contributed by atoms with van der Waals surface area (Å²) in [5, 5.41) is 5.50. The Balaban J connectivity index is 1.34. The van der Waals surface area contributed by atoms with Crippen molar-refractivity contribution in [3.63, 3.8) is 0 Å². The van der Waals surface area contributed by atoms with Gasteiger partial charge in [0, 0.05) is 37.2 Å². The number of nitrogens with zero attached hydrogens (tertiary/aromatic N) is 2. The third kappa shape index (κ3) is 4.77. The fraction of sp³-hybridized carbons (Fsp3) is 0.318. The van der Waals surface area contributed by atoms with E-state index >= 15 is 0 Å². The summed E-state index contributed by atoms with van der Waals surface area (Å²) in [5.74, 6) is -0.596. The van der Waals surface area contributed by atoms with Gasteiger partial charge in [-0.2, -0.15) is 13.2 Å². The van der Waals surface area contributed by atoms with Crippen LogP contribution in [0.4, 0.5) is 18.9 Å². The van der Waals surface area contributed by atoms with Crippen LogP contribution in [-0.4, -0.2) is 47.7 Å². The number of benzene rings is 2. The van der Waals surface area contributed by atoms with Gasteiger partial charge in [-0.05, 0) is 18.2 Å². The number of hydrogen-bond donors (Lipinski definition) is 2. The van der Waals surface area contributed by atoms with Gasteiger partial charge in [-0.25, -0.2) is 0 Å². The molecule has 1 spiro atoms. The molecule has 2 aliphatic heterocycles. The molecule has 0 saturated carbocycles. The van der Waals surface area contributed by atoms with Gasteiger partial charge in [0.2, 0.25) is 5.91 Å². The van der Waals surface area contributed by atoms with E-state index in [0.29, 0.717) is 31.6 Å². The number of halogens is 3. The topological polar surface area (TPSA) is 73.8 Å². The van der Waals surface area contributed by atoms with E-state index in [4.69, 9.17) is 0 Å². The van der Waals surface area contributed by atoms with E-state index < -0.39 is 17.4 Å². The molecule has 0 atom stereocenters. The predicted molar refractivity (Wildman–Crippen MR) is 110 cm³/mol. The number of alkyl halides is 3. The number of piperidine rings is 1. The molecule has 2 N–H and O–H groups in total. The molecule has 0 bridgehead atoms. The molecule has 2 aromatic rings. The molecule has 0 aliphatic carbocycles. The van der Waals surface area contributed by atoms with Gasteiger partial charge in [0.15, 0.2) is 0 Å². The monoisotopic (exact) mass is 430 g/mol. The van der Waals surface area contributed by atoms with Crippen LogP contribution in [0.15, 0.2) is 59.6 Å². The third-order valence-corrected chi connectivity index (χ3v) is 5.46. The van der Waals surface area contributed by atoms with Crippen molar-refractivity contribution in [2.75, 3.05) is 25.0 Å². The van der Waals surface area contributed by atoms with Crippen LogP contribution in [0.25, 0.3) is 0 Å². The van der Waals surface area contributed by atoms with Crippen LogP contribution < -0.4 is 10.6 Å². The lowest BCUT2D eigenvalue weighted by Gasteiger charge is -2.36. The zero-order valence-corrected chi connectivity index (χ0v) is 16.6. The number of hydrogen-bond acceptors (Lipinski definition) is 4. The van der Waals surface area contributed by atoms with Crippen molar-refractivity contribution >= 4 is 23.2 Å². The average molecular weight is 430 g/mol. The van der Waals surface area contributed by atoms with Gasteiger partial charge < -0.3 is 10.6 Å². The first-order valence-electron chi connectivity index (χ1n) is 9.91. The van der Waals surface area contributed by atoms with Crippen molar-refractivity contribution in [1.82, 2.24) is 10.2 Å². The van der Waals surface area contributed by atoms with Gasteiger partial charge in [-0.3, -0.25) is 19.5 Å². The van der Waals surface area contributed by atoms with E-state index in [1.54, 1.807) is 0 Å². The Labute approximate surface area is 177 Å². The lowest BCUT2D eigenvalue weighted by atomic mass is 9.98. The number of rotatable bonds is 4. The molecule has 4 rings (SSSR count). The molecular formula is C22H21F3N4O2. The minimum Gasteiger partial charge on any atom is -0.326 e. The predicted octanol–water partition coefficient (Wildman–Crippen LogP) is 3.06. The fourth-order valence-electron chi connectivity index (χ4n) is 3.85. The summed E-state index contributed by atoms with van der Waals surface area (Å²) in [6, 6.07) is 13.8. The van der Waals surface area contributed by atoms with Crippen molar-refractivity contribution < 1.29 is 22.8 Å². The van der Waals surface area contributed by atoms with Gasteiger partial charge in [-0.1, -0.05) is 36.4 Å². The number of anilines is 1. The molecule has 2 aromatic carbocycles. The Kier molecular flexibility index (Phi) is 5.53. The number of amides is 2. The number of carbonyl (C=O) groups is 2. The molecule has 31 heavy (non-hydrogen) atoms. The van der Waals surface area contributed by atoms with E-state index in [0.717, 1.165) is 17.7 Å². The van der Waals surface area contributed by atoms with Crippen LogP contribution in [0, 0.1) is 0 Å². The summed E-state index contributed by atoms with van der Waals surface area (Å²) in [6.07, 6.45) is -3.37. The summed E-state index contributed by atoms with van der Waals surface area (Å²) >= 11 is 0. The van der Waals surface area contributed by atoms with Crippen LogP contribution in [-0.2, 0) is 15.8 Å². The Bertz CT molecular complexity index is 1010. The molecule has 0 unspecified atom stereocenters. The molecule has 2 heterocycles. The highest BCUT2D eigenvalue weighted by Gasteiger charge is 2.42. The van der Waals surface area contributed by atoms with Gasteiger partial charge >= 0.3 is 6.18 Å². The Morgan fingerprint density at radius 1 is 1.10 bits per heavy atom. The molecule has 0 radical (unpaired) electrons. The molecule has 9 heteroatoms. The Morgan fingerprint density at radius 2 is 1.81 bits per heavy atom. The molecule has 0 aromatic heterocycles. The van der Waals surface area contributed by atoms with Crippen LogP contribution in [0.1, 0.15) is 24.0 Å². The van der Waals surface area contributed by atoms with Crippen molar-refractivity contribution in [3.05, 3.63) is 65.7 Å². The van der Waals surface area contributed by atoms with Crippen molar-refractivity contribution in [1.29, 1.82) is 0 Å². The van der Waals surface area contributed by atoms with E-state index in [1.807, 2.05) is 35.2 Å². The Morgan fingerprint density at radius 3 is 2.48 bits per heavy atom. The van der Waals surface area contributed by atoms with Gasteiger partial charge in [0.05, 0.1) is 12.1 Å². The molecular weight excluding hydrogens is 409 g/mol. The number of nitrogens with one attached hydrogen (secondary N) is 2. The SMILES string of the molecule is O=C(CN1CCC2(CC1)N=C(c1ccccc1)C(=O)N2)Nc1cccc(C(F)(F)F)c1. The van der Waals surface area contributed by atoms with Gasteiger partial charge in [0.1, 0.15) is 11.4 Å². The summed E-state index contributed by atoms with van der Waals surface area (Å²) in [4.78, 5) is 31.3. The first-order chi connectivity index (χ1) is 14.7. The second-order valence-corrected chi connectivity index (χ2v) is 7.72.